The molecule has 0 aliphatic heterocycles. The van der Waals surface area contributed by atoms with Crippen molar-refractivity contribution in [3.05, 3.63) is 64.8 Å². The Kier molecular flexibility index (Phi) is 3.77. The Labute approximate surface area is 146 Å². The molecule has 0 atom stereocenters. The molecule has 4 rings (SSSR count). The van der Waals surface area contributed by atoms with E-state index in [2.05, 4.69) is 41.2 Å². The van der Waals surface area contributed by atoms with Crippen molar-refractivity contribution < 1.29 is 9.90 Å². The molecule has 1 heterocycles. The molecule has 3 aromatic rings. The summed E-state index contributed by atoms with van der Waals surface area (Å²) < 4.78 is 1.77. The Bertz CT molecular complexity index is 1030. The summed E-state index contributed by atoms with van der Waals surface area (Å²) in [4.78, 5) is 11.7. The first-order valence-electron chi connectivity index (χ1n) is 8.41. The van der Waals surface area contributed by atoms with E-state index in [0.717, 1.165) is 16.5 Å². The summed E-state index contributed by atoms with van der Waals surface area (Å²) in [6, 6.07) is 11.9. The first-order chi connectivity index (χ1) is 12.2. The number of carboxylic acids is 1. The van der Waals surface area contributed by atoms with Gasteiger partial charge >= 0.3 is 5.97 Å². The molecule has 1 saturated carbocycles. The molecule has 2 aromatic carbocycles. The summed E-state index contributed by atoms with van der Waals surface area (Å²) in [5.74, 6) is 5.65. The molecule has 4 nitrogen and oxygen atoms in total. The Hall–Kier alpha value is -3.06. The minimum Gasteiger partial charge on any atom is -0.478 e. The average Bonchev–Trinajstić information content (AvgIpc) is 3.38. The number of rotatable bonds is 4. The fourth-order valence-electron chi connectivity index (χ4n) is 3.27. The van der Waals surface area contributed by atoms with Crippen LogP contribution in [0.1, 0.15) is 52.7 Å². The molecule has 0 spiro atoms. The zero-order chi connectivity index (χ0) is 17.4. The lowest BCUT2D eigenvalue weighted by Crippen LogP contribution is -2.07. The lowest BCUT2D eigenvalue weighted by atomic mass is 10.1. The van der Waals surface area contributed by atoms with Gasteiger partial charge in [0.15, 0.2) is 0 Å². The third-order valence-corrected chi connectivity index (χ3v) is 4.62. The number of carbonyl (C=O) groups is 1. The van der Waals surface area contributed by atoms with Gasteiger partial charge in [0.25, 0.3) is 0 Å². The van der Waals surface area contributed by atoms with E-state index < -0.39 is 5.97 Å². The Morgan fingerprint density at radius 3 is 2.88 bits per heavy atom. The first kappa shape index (κ1) is 15.5. The number of fused-ring (bicyclic) bond motifs is 1. The van der Waals surface area contributed by atoms with Crippen LogP contribution in [0.15, 0.2) is 42.6 Å². The van der Waals surface area contributed by atoms with Crippen molar-refractivity contribution in [3.8, 4) is 11.8 Å². The van der Waals surface area contributed by atoms with Crippen LogP contribution in [0.2, 0.25) is 0 Å². The molecule has 1 aliphatic rings. The number of nitrogens with zero attached hydrogens (tertiary/aromatic N) is 2. The van der Waals surface area contributed by atoms with Crippen LogP contribution in [-0.4, -0.2) is 20.9 Å². The molecule has 1 aliphatic carbocycles. The summed E-state index contributed by atoms with van der Waals surface area (Å²) >= 11 is 0. The first-order valence-corrected chi connectivity index (χ1v) is 8.41. The average molecular weight is 330 g/mol. The van der Waals surface area contributed by atoms with Crippen LogP contribution < -0.4 is 0 Å². The highest BCUT2D eigenvalue weighted by Gasteiger charge is 2.23. The van der Waals surface area contributed by atoms with Gasteiger partial charge in [0, 0.05) is 10.9 Å². The Balaban J connectivity index is 1.81. The van der Waals surface area contributed by atoms with Gasteiger partial charge in [-0.3, -0.25) is 4.68 Å². The Morgan fingerprint density at radius 2 is 2.16 bits per heavy atom. The molecule has 0 saturated heterocycles. The van der Waals surface area contributed by atoms with Gasteiger partial charge in [-0.1, -0.05) is 30.2 Å². The maximum Gasteiger partial charge on any atom is 0.337 e. The number of hydrogen-bond donors (Lipinski definition) is 1. The van der Waals surface area contributed by atoms with Crippen molar-refractivity contribution in [1.82, 2.24) is 9.78 Å². The van der Waals surface area contributed by atoms with Crippen molar-refractivity contribution in [2.24, 2.45) is 0 Å². The zero-order valence-corrected chi connectivity index (χ0v) is 14.0. The monoisotopic (exact) mass is 330 g/mol. The second-order valence-electron chi connectivity index (χ2n) is 6.42. The Morgan fingerprint density at radius 1 is 1.32 bits per heavy atom. The smallest absolute Gasteiger partial charge is 0.337 e. The van der Waals surface area contributed by atoms with Gasteiger partial charge in [-0.15, -0.1) is 5.92 Å². The SMILES string of the molecule is CC#Cc1ccc(C(=O)O)c2c1cnn2Cc1cccc(C2CC2)c1. The van der Waals surface area contributed by atoms with Crippen molar-refractivity contribution in [2.45, 2.75) is 32.2 Å². The van der Waals surface area contributed by atoms with Gasteiger partial charge in [0.2, 0.25) is 0 Å². The molecule has 124 valence electrons. The van der Waals surface area contributed by atoms with Crippen molar-refractivity contribution >= 4 is 16.9 Å². The van der Waals surface area contributed by atoms with Crippen LogP contribution in [-0.2, 0) is 6.54 Å². The predicted molar refractivity (Wildman–Crippen MR) is 96.8 cm³/mol. The lowest BCUT2D eigenvalue weighted by molar-refractivity contribution is 0.0698. The van der Waals surface area contributed by atoms with Gasteiger partial charge in [-0.05, 0) is 48.9 Å². The summed E-state index contributed by atoms with van der Waals surface area (Å²) in [6.45, 7) is 2.32. The van der Waals surface area contributed by atoms with Crippen LogP contribution in [0, 0.1) is 11.8 Å². The highest BCUT2D eigenvalue weighted by molar-refractivity contribution is 6.03. The third-order valence-electron chi connectivity index (χ3n) is 4.62. The van der Waals surface area contributed by atoms with E-state index in [4.69, 9.17) is 0 Å². The molecule has 0 amide bonds. The number of benzene rings is 2. The normalized spacial score (nSPS) is 13.5. The van der Waals surface area contributed by atoms with E-state index in [1.54, 1.807) is 29.9 Å². The minimum atomic E-state index is -0.950. The van der Waals surface area contributed by atoms with E-state index >= 15 is 0 Å². The molecule has 0 unspecified atom stereocenters. The summed E-state index contributed by atoms with van der Waals surface area (Å²) in [6.07, 6.45) is 4.24. The molecule has 0 radical (unpaired) electrons. The standard InChI is InChI=1S/C21H18N2O2/c1-2-4-16-9-10-18(21(24)25)20-19(16)12-22-23(20)13-14-5-3-6-17(11-14)15-7-8-15/h3,5-6,9-12,15H,7-8,13H2,1H3,(H,24,25). The molecule has 1 N–H and O–H groups in total. The maximum absolute atomic E-state index is 11.7. The van der Waals surface area contributed by atoms with E-state index in [1.807, 2.05) is 0 Å². The van der Waals surface area contributed by atoms with Gasteiger partial charge in [0.05, 0.1) is 23.8 Å². The molecular weight excluding hydrogens is 312 g/mol. The van der Waals surface area contributed by atoms with E-state index in [-0.39, 0.29) is 5.56 Å². The fraction of sp³-hybridized carbons (Fsp3) is 0.238. The van der Waals surface area contributed by atoms with Gasteiger partial charge in [-0.2, -0.15) is 5.10 Å². The second kappa shape index (κ2) is 6.10. The fourth-order valence-corrected chi connectivity index (χ4v) is 3.27. The van der Waals surface area contributed by atoms with E-state index in [0.29, 0.717) is 18.0 Å². The highest BCUT2D eigenvalue weighted by atomic mass is 16.4. The molecular formula is C21H18N2O2. The summed E-state index contributed by atoms with van der Waals surface area (Å²) in [5, 5.41) is 14.8. The van der Waals surface area contributed by atoms with Crippen LogP contribution in [0.4, 0.5) is 0 Å². The number of aromatic nitrogens is 2. The van der Waals surface area contributed by atoms with Crippen LogP contribution in [0.5, 0.6) is 0 Å². The molecule has 1 aromatic heterocycles. The molecule has 4 heteroatoms. The third kappa shape index (κ3) is 2.89. The molecule has 0 bridgehead atoms. The van der Waals surface area contributed by atoms with Crippen molar-refractivity contribution in [2.75, 3.05) is 0 Å². The zero-order valence-electron chi connectivity index (χ0n) is 14.0. The van der Waals surface area contributed by atoms with E-state index in [1.165, 1.54) is 18.4 Å². The minimum absolute atomic E-state index is 0.257. The van der Waals surface area contributed by atoms with E-state index in [9.17, 15) is 9.90 Å². The summed E-state index contributed by atoms with van der Waals surface area (Å²) in [7, 11) is 0. The molecule has 1 fully saturated rings. The highest BCUT2D eigenvalue weighted by Crippen LogP contribution is 2.40. The number of aromatic carboxylic acids is 1. The lowest BCUT2D eigenvalue weighted by Gasteiger charge is -2.08. The maximum atomic E-state index is 11.7. The molecule has 25 heavy (non-hydrogen) atoms. The van der Waals surface area contributed by atoms with Gasteiger partial charge < -0.3 is 5.11 Å². The van der Waals surface area contributed by atoms with Crippen molar-refractivity contribution in [1.29, 1.82) is 0 Å². The van der Waals surface area contributed by atoms with Crippen LogP contribution >= 0.6 is 0 Å². The van der Waals surface area contributed by atoms with Crippen LogP contribution in [0.25, 0.3) is 10.9 Å². The quantitative estimate of drug-likeness (QED) is 0.735. The topological polar surface area (TPSA) is 55.1 Å². The second-order valence-corrected chi connectivity index (χ2v) is 6.42. The van der Waals surface area contributed by atoms with Crippen LogP contribution in [0.3, 0.4) is 0 Å². The van der Waals surface area contributed by atoms with Gasteiger partial charge in [0.1, 0.15) is 0 Å². The predicted octanol–water partition coefficient (Wildman–Crippen LogP) is 4.03. The number of hydrogen-bond acceptors (Lipinski definition) is 2. The number of carboxylic acid groups (broad SMARTS) is 1. The largest absolute Gasteiger partial charge is 0.478 e. The van der Waals surface area contributed by atoms with Crippen molar-refractivity contribution in [3.63, 3.8) is 0 Å². The van der Waals surface area contributed by atoms with Gasteiger partial charge in [-0.25, -0.2) is 4.79 Å². The summed E-state index contributed by atoms with van der Waals surface area (Å²) in [5.41, 5.74) is 4.19.